The first-order valence-electron chi connectivity index (χ1n) is 8.33. The van der Waals surface area contributed by atoms with Gasteiger partial charge >= 0.3 is 6.09 Å². The Kier molecular flexibility index (Phi) is 5.02. The predicted octanol–water partition coefficient (Wildman–Crippen LogP) is 3.52. The number of ether oxygens (including phenoxy) is 1. The lowest BCUT2D eigenvalue weighted by Gasteiger charge is -2.08. The van der Waals surface area contributed by atoms with Gasteiger partial charge in [-0.1, -0.05) is 23.8 Å². The van der Waals surface area contributed by atoms with Gasteiger partial charge in [-0.05, 0) is 62.1 Å². The number of hydrogen-bond donors (Lipinski definition) is 2. The lowest BCUT2D eigenvalue weighted by molar-refractivity contribution is 0.209. The number of carbonyl (C=O) groups is 1. The van der Waals surface area contributed by atoms with Crippen LogP contribution in [-0.4, -0.2) is 31.2 Å². The first-order valence-corrected chi connectivity index (χ1v) is 9.87. The van der Waals surface area contributed by atoms with E-state index >= 15 is 0 Å². The molecule has 1 aliphatic rings. The van der Waals surface area contributed by atoms with Gasteiger partial charge in [-0.3, -0.25) is 5.32 Å². The maximum atomic E-state index is 12.6. The lowest BCUT2D eigenvalue weighted by atomic mass is 10.0. The highest BCUT2D eigenvalue weighted by Crippen LogP contribution is 2.35. The monoisotopic (exact) mass is 375 g/mol. The molecule has 0 aromatic heterocycles. The van der Waals surface area contributed by atoms with E-state index < -0.39 is 21.4 Å². The van der Waals surface area contributed by atoms with E-state index in [2.05, 4.69) is 5.32 Å². The number of sulfone groups is 1. The molecule has 0 saturated carbocycles. The highest BCUT2D eigenvalue weighted by Gasteiger charge is 2.49. The Morgan fingerprint density at radius 1 is 1.15 bits per heavy atom. The Hall–Kier alpha value is -2.38. The van der Waals surface area contributed by atoms with Crippen LogP contribution in [0.5, 0.6) is 0 Å². The van der Waals surface area contributed by atoms with E-state index in [9.17, 15) is 13.2 Å². The average Bonchev–Trinajstić information content (AvgIpc) is 3.36. The fourth-order valence-corrected chi connectivity index (χ4v) is 4.51. The quantitative estimate of drug-likeness (QED) is 0.753. The van der Waals surface area contributed by atoms with E-state index in [0.29, 0.717) is 18.5 Å². The van der Waals surface area contributed by atoms with Gasteiger partial charge in [-0.25, -0.2) is 13.2 Å². The van der Waals surface area contributed by atoms with Crippen molar-refractivity contribution in [1.82, 2.24) is 0 Å². The highest BCUT2D eigenvalue weighted by atomic mass is 32.2. The Morgan fingerprint density at radius 3 is 2.50 bits per heavy atom. The second-order valence-electron chi connectivity index (χ2n) is 6.51. The third kappa shape index (κ3) is 4.05. The van der Waals surface area contributed by atoms with Crippen LogP contribution in [0.1, 0.15) is 23.1 Å². The molecule has 2 unspecified atom stereocenters. The number of amides is 1. The largest absolute Gasteiger partial charge is 0.465 e. The smallest absolute Gasteiger partial charge is 0.409 e. The molecule has 1 saturated heterocycles. The van der Waals surface area contributed by atoms with Crippen molar-refractivity contribution >= 4 is 21.6 Å². The van der Waals surface area contributed by atoms with Crippen molar-refractivity contribution in [3.05, 3.63) is 59.2 Å². The van der Waals surface area contributed by atoms with Gasteiger partial charge in [-0.15, -0.1) is 0 Å². The van der Waals surface area contributed by atoms with Crippen LogP contribution < -0.4 is 5.32 Å². The molecule has 0 bridgehead atoms. The molecule has 26 heavy (non-hydrogen) atoms. The van der Waals surface area contributed by atoms with Crippen LogP contribution in [0.2, 0.25) is 0 Å². The van der Waals surface area contributed by atoms with Gasteiger partial charge in [0.1, 0.15) is 6.10 Å². The standard InChI is InChI=1S/C19H21NO5S/c1-12-3-8-16(9-4-12)26(23,24)18-17(25-18)10-6-14-11-15(20-19(21)22)7-5-13(14)2/h3-5,7-9,11,17-18,20H,6,10H2,1-2H3,(H,21,22). The second kappa shape index (κ2) is 7.09. The highest BCUT2D eigenvalue weighted by molar-refractivity contribution is 7.92. The summed E-state index contributed by atoms with van der Waals surface area (Å²) in [6.07, 6.45) is -0.273. The van der Waals surface area contributed by atoms with Crippen molar-refractivity contribution in [3.8, 4) is 0 Å². The minimum Gasteiger partial charge on any atom is -0.465 e. The summed E-state index contributed by atoms with van der Waals surface area (Å²) in [6, 6.07) is 12.1. The van der Waals surface area contributed by atoms with Crippen LogP contribution in [0.25, 0.3) is 0 Å². The Labute approximate surface area is 152 Å². The SMILES string of the molecule is Cc1ccc(S(=O)(=O)C2OC2CCc2cc(NC(=O)O)ccc2C)cc1. The first-order chi connectivity index (χ1) is 12.3. The molecule has 2 atom stereocenters. The van der Waals surface area contributed by atoms with E-state index in [1.54, 1.807) is 36.4 Å². The molecule has 3 rings (SSSR count). The van der Waals surface area contributed by atoms with E-state index in [1.165, 1.54) is 0 Å². The predicted molar refractivity (Wildman–Crippen MR) is 98.2 cm³/mol. The molecule has 1 aliphatic heterocycles. The van der Waals surface area contributed by atoms with E-state index in [4.69, 9.17) is 9.84 Å². The van der Waals surface area contributed by atoms with Crippen LogP contribution in [-0.2, 0) is 21.0 Å². The van der Waals surface area contributed by atoms with Crippen molar-refractivity contribution in [2.24, 2.45) is 0 Å². The molecule has 0 radical (unpaired) electrons. The Bertz CT molecular complexity index is 921. The van der Waals surface area contributed by atoms with Gasteiger partial charge in [0.25, 0.3) is 0 Å². The molecule has 1 fully saturated rings. The molecule has 1 amide bonds. The topological polar surface area (TPSA) is 96.0 Å². The summed E-state index contributed by atoms with van der Waals surface area (Å²) in [5, 5.41) is 11.1. The fourth-order valence-electron chi connectivity index (χ4n) is 2.91. The van der Waals surface area contributed by atoms with Gasteiger partial charge < -0.3 is 9.84 Å². The molecule has 0 spiro atoms. The van der Waals surface area contributed by atoms with Crippen LogP contribution in [0.4, 0.5) is 10.5 Å². The number of epoxide rings is 1. The van der Waals surface area contributed by atoms with Crippen LogP contribution >= 0.6 is 0 Å². The molecular formula is C19H21NO5S. The number of nitrogens with one attached hydrogen (secondary N) is 1. The van der Waals surface area contributed by atoms with E-state index in [1.807, 2.05) is 19.9 Å². The van der Waals surface area contributed by atoms with Crippen molar-refractivity contribution in [2.45, 2.75) is 43.1 Å². The minimum absolute atomic E-state index is 0.277. The van der Waals surface area contributed by atoms with Crippen molar-refractivity contribution in [1.29, 1.82) is 0 Å². The zero-order valence-electron chi connectivity index (χ0n) is 14.6. The minimum atomic E-state index is -3.48. The summed E-state index contributed by atoms with van der Waals surface area (Å²) in [4.78, 5) is 11.0. The summed E-state index contributed by atoms with van der Waals surface area (Å²) < 4.78 is 30.6. The number of carboxylic acid groups (broad SMARTS) is 1. The first kappa shape index (κ1) is 18.4. The Balaban J connectivity index is 1.64. The molecule has 0 aliphatic carbocycles. The van der Waals surface area contributed by atoms with Crippen molar-refractivity contribution in [2.75, 3.05) is 5.32 Å². The number of anilines is 1. The zero-order valence-corrected chi connectivity index (χ0v) is 15.4. The number of aryl methyl sites for hydroxylation is 3. The van der Waals surface area contributed by atoms with Gasteiger partial charge in [0.15, 0.2) is 5.44 Å². The molecule has 1 heterocycles. The third-order valence-corrected chi connectivity index (χ3v) is 6.45. The van der Waals surface area contributed by atoms with Gasteiger partial charge in [-0.2, -0.15) is 0 Å². The van der Waals surface area contributed by atoms with Crippen molar-refractivity contribution < 1.29 is 23.1 Å². The summed E-state index contributed by atoms with van der Waals surface area (Å²) >= 11 is 0. The second-order valence-corrected chi connectivity index (χ2v) is 8.54. The molecular weight excluding hydrogens is 354 g/mol. The Morgan fingerprint density at radius 2 is 1.85 bits per heavy atom. The summed E-state index contributed by atoms with van der Waals surface area (Å²) in [5.41, 5.74) is 2.70. The number of hydrogen-bond acceptors (Lipinski definition) is 4. The summed E-state index contributed by atoms with van der Waals surface area (Å²) in [5.74, 6) is 0. The fraction of sp³-hybridized carbons (Fsp3) is 0.316. The van der Waals surface area contributed by atoms with Gasteiger partial charge in [0.2, 0.25) is 9.84 Å². The van der Waals surface area contributed by atoms with Crippen LogP contribution in [0.15, 0.2) is 47.4 Å². The summed E-state index contributed by atoms with van der Waals surface area (Å²) in [6.45, 7) is 3.84. The third-order valence-electron chi connectivity index (χ3n) is 4.49. The molecule has 2 N–H and O–H groups in total. The van der Waals surface area contributed by atoms with Gasteiger partial charge in [0, 0.05) is 5.69 Å². The van der Waals surface area contributed by atoms with Crippen LogP contribution in [0.3, 0.4) is 0 Å². The zero-order chi connectivity index (χ0) is 18.9. The number of benzene rings is 2. The molecule has 138 valence electrons. The molecule has 7 heteroatoms. The van der Waals surface area contributed by atoms with E-state index in [-0.39, 0.29) is 11.0 Å². The maximum absolute atomic E-state index is 12.6. The lowest BCUT2D eigenvalue weighted by Crippen LogP contribution is -2.12. The van der Waals surface area contributed by atoms with Gasteiger partial charge in [0.05, 0.1) is 4.90 Å². The van der Waals surface area contributed by atoms with Crippen LogP contribution in [0, 0.1) is 13.8 Å². The average molecular weight is 375 g/mol. The van der Waals surface area contributed by atoms with Crippen molar-refractivity contribution in [3.63, 3.8) is 0 Å². The normalized spacial score (nSPS) is 19.2. The molecule has 2 aromatic carbocycles. The maximum Gasteiger partial charge on any atom is 0.409 e. The van der Waals surface area contributed by atoms with E-state index in [0.717, 1.165) is 16.7 Å². The number of rotatable bonds is 6. The molecule has 2 aromatic rings. The molecule has 6 nitrogen and oxygen atoms in total. The summed E-state index contributed by atoms with van der Waals surface area (Å²) in [7, 11) is -3.48.